The molecule has 2 aromatic rings. The van der Waals surface area contributed by atoms with Crippen LogP contribution in [0, 0.1) is 17.6 Å². The van der Waals surface area contributed by atoms with Crippen LogP contribution in [0.1, 0.15) is 24.0 Å². The molecule has 11 heteroatoms. The lowest BCUT2D eigenvalue weighted by Crippen LogP contribution is -2.57. The van der Waals surface area contributed by atoms with Crippen molar-refractivity contribution in [1.82, 2.24) is 0 Å². The van der Waals surface area contributed by atoms with Crippen molar-refractivity contribution >= 4 is 9.84 Å². The standard InChI is InChI=1S/C21H19F5O5S/c22-15-5-6-16(23)19-18(15)20(8-10-30-17(7-9-27)14(20)11-31-19)32(28,29)13-3-1-12(2-4-13)21(24,25)26/h1-6,14,17,27H,7-11H2/t14?,17-,20-/m0/s1. The van der Waals surface area contributed by atoms with E-state index in [1.165, 1.54) is 0 Å². The van der Waals surface area contributed by atoms with Crippen LogP contribution >= 0.6 is 0 Å². The van der Waals surface area contributed by atoms with Gasteiger partial charge in [0.15, 0.2) is 21.4 Å². The average Bonchev–Trinajstić information content (AvgIpc) is 2.75. The van der Waals surface area contributed by atoms with Gasteiger partial charge >= 0.3 is 6.18 Å². The van der Waals surface area contributed by atoms with Crippen LogP contribution < -0.4 is 4.74 Å². The summed E-state index contributed by atoms with van der Waals surface area (Å²) in [5, 5.41) is 9.40. The van der Waals surface area contributed by atoms with Gasteiger partial charge in [-0.25, -0.2) is 17.2 Å². The molecular weight excluding hydrogens is 459 g/mol. The Labute approximate surface area is 180 Å². The summed E-state index contributed by atoms with van der Waals surface area (Å²) in [6.45, 7) is -0.829. The minimum absolute atomic E-state index is 0.0184. The first-order valence-electron chi connectivity index (χ1n) is 9.79. The lowest BCUT2D eigenvalue weighted by atomic mass is 9.75. The number of aliphatic hydroxyl groups is 1. The van der Waals surface area contributed by atoms with Gasteiger partial charge in [-0.3, -0.25) is 0 Å². The van der Waals surface area contributed by atoms with E-state index in [1.54, 1.807) is 0 Å². The topological polar surface area (TPSA) is 72.8 Å². The molecule has 2 aromatic carbocycles. The number of ether oxygens (including phenoxy) is 2. The fourth-order valence-corrected chi connectivity index (χ4v) is 7.02. The maximum atomic E-state index is 15.1. The van der Waals surface area contributed by atoms with E-state index in [1.807, 2.05) is 0 Å². The highest BCUT2D eigenvalue weighted by atomic mass is 32.2. The van der Waals surface area contributed by atoms with Gasteiger partial charge in [0.2, 0.25) is 0 Å². The molecule has 0 amide bonds. The molecule has 1 fully saturated rings. The molecule has 32 heavy (non-hydrogen) atoms. The van der Waals surface area contributed by atoms with Crippen molar-refractivity contribution in [2.24, 2.45) is 5.92 Å². The third kappa shape index (κ3) is 3.37. The van der Waals surface area contributed by atoms with Gasteiger partial charge < -0.3 is 14.6 Å². The predicted octanol–water partition coefficient (Wildman–Crippen LogP) is 3.83. The number of sulfone groups is 1. The van der Waals surface area contributed by atoms with E-state index < -0.39 is 66.2 Å². The lowest BCUT2D eigenvalue weighted by molar-refractivity contribution is -0.137. The molecule has 0 aromatic heterocycles. The lowest BCUT2D eigenvalue weighted by Gasteiger charge is -2.50. The van der Waals surface area contributed by atoms with Crippen molar-refractivity contribution in [3.8, 4) is 5.75 Å². The molecule has 0 spiro atoms. The van der Waals surface area contributed by atoms with E-state index in [0.29, 0.717) is 12.1 Å². The van der Waals surface area contributed by atoms with Crippen LogP contribution in [0.3, 0.4) is 0 Å². The SMILES string of the molecule is O=S(=O)(c1ccc(C(F)(F)F)cc1)[C@@]12CCO[C@@H](CCO)C1COc1c(F)ccc(F)c12. The Bertz CT molecular complexity index is 1110. The zero-order valence-corrected chi connectivity index (χ0v) is 17.3. The second-order valence-corrected chi connectivity index (χ2v) is 9.94. The molecule has 2 heterocycles. The van der Waals surface area contributed by atoms with Crippen molar-refractivity contribution in [3.05, 3.63) is 59.2 Å². The molecule has 0 bridgehead atoms. The van der Waals surface area contributed by atoms with Crippen LogP contribution in [0.25, 0.3) is 0 Å². The van der Waals surface area contributed by atoms with Crippen molar-refractivity contribution in [3.63, 3.8) is 0 Å². The van der Waals surface area contributed by atoms with Crippen LogP contribution in [0.5, 0.6) is 5.75 Å². The maximum Gasteiger partial charge on any atom is 0.416 e. The van der Waals surface area contributed by atoms with Crippen molar-refractivity contribution in [2.75, 3.05) is 19.8 Å². The zero-order valence-electron chi connectivity index (χ0n) is 16.5. The number of alkyl halides is 3. The Kier molecular flexibility index (Phi) is 5.71. The van der Waals surface area contributed by atoms with Gasteiger partial charge in [-0.2, -0.15) is 13.2 Å². The second-order valence-electron chi connectivity index (χ2n) is 7.74. The summed E-state index contributed by atoms with van der Waals surface area (Å²) in [7, 11) is -4.57. The Morgan fingerprint density at radius 2 is 1.72 bits per heavy atom. The predicted molar refractivity (Wildman–Crippen MR) is 102 cm³/mol. The number of fused-ring (bicyclic) bond motifs is 3. The summed E-state index contributed by atoms with van der Waals surface area (Å²) in [6, 6.07) is 4.49. The first kappa shape index (κ1) is 22.9. The summed E-state index contributed by atoms with van der Waals surface area (Å²) in [5.41, 5.74) is -1.54. The van der Waals surface area contributed by atoms with E-state index in [-0.39, 0.29) is 32.7 Å². The first-order chi connectivity index (χ1) is 15.0. The minimum atomic E-state index is -4.67. The molecule has 0 radical (unpaired) electrons. The number of aliphatic hydroxyl groups excluding tert-OH is 1. The van der Waals surface area contributed by atoms with E-state index in [2.05, 4.69) is 0 Å². The van der Waals surface area contributed by atoms with Gasteiger partial charge in [-0.15, -0.1) is 0 Å². The number of benzene rings is 2. The number of halogens is 5. The summed E-state index contributed by atoms with van der Waals surface area (Å²) >= 11 is 0. The Balaban J connectivity index is 1.96. The van der Waals surface area contributed by atoms with Gasteiger partial charge in [0.1, 0.15) is 10.6 Å². The molecular formula is C21H19F5O5S. The minimum Gasteiger partial charge on any atom is -0.490 e. The van der Waals surface area contributed by atoms with Gasteiger partial charge in [0.25, 0.3) is 0 Å². The zero-order chi connectivity index (χ0) is 23.3. The smallest absolute Gasteiger partial charge is 0.416 e. The van der Waals surface area contributed by atoms with Crippen LogP contribution in [0.15, 0.2) is 41.3 Å². The molecule has 3 atom stereocenters. The molecule has 4 rings (SSSR count). The number of rotatable bonds is 4. The van der Waals surface area contributed by atoms with Gasteiger partial charge in [0, 0.05) is 19.1 Å². The molecule has 2 aliphatic heterocycles. The molecule has 1 saturated heterocycles. The molecule has 174 valence electrons. The highest BCUT2D eigenvalue weighted by Gasteiger charge is 2.61. The van der Waals surface area contributed by atoms with Gasteiger partial charge in [-0.05, 0) is 49.2 Å². The Morgan fingerprint density at radius 3 is 2.34 bits per heavy atom. The van der Waals surface area contributed by atoms with Gasteiger partial charge in [0.05, 0.1) is 28.7 Å². The monoisotopic (exact) mass is 478 g/mol. The van der Waals surface area contributed by atoms with E-state index in [0.717, 1.165) is 24.3 Å². The van der Waals surface area contributed by atoms with Crippen molar-refractivity contribution < 1.29 is 45.0 Å². The summed E-state index contributed by atoms with van der Waals surface area (Å²) in [4.78, 5) is -0.461. The normalized spacial score (nSPS) is 25.6. The fraction of sp³-hybridized carbons (Fsp3) is 0.429. The average molecular weight is 478 g/mol. The molecule has 0 saturated carbocycles. The number of hydrogen-bond donors (Lipinski definition) is 1. The highest BCUT2D eigenvalue weighted by molar-refractivity contribution is 7.92. The highest BCUT2D eigenvalue weighted by Crippen LogP contribution is 2.55. The summed E-state index contributed by atoms with van der Waals surface area (Å²) in [6.07, 6.45) is -5.77. The van der Waals surface area contributed by atoms with Crippen molar-refractivity contribution in [2.45, 2.75) is 34.8 Å². The van der Waals surface area contributed by atoms with Crippen LogP contribution in [0.2, 0.25) is 0 Å². The Hall–Kier alpha value is -2.24. The summed E-state index contributed by atoms with van der Waals surface area (Å²) < 4.78 is 105. The number of hydrogen-bond acceptors (Lipinski definition) is 5. The van der Waals surface area contributed by atoms with Crippen LogP contribution in [0.4, 0.5) is 22.0 Å². The third-order valence-electron chi connectivity index (χ3n) is 6.13. The molecule has 1 N–H and O–H groups in total. The Morgan fingerprint density at radius 1 is 1.06 bits per heavy atom. The maximum absolute atomic E-state index is 15.1. The molecule has 0 aliphatic carbocycles. The van der Waals surface area contributed by atoms with Gasteiger partial charge in [-0.1, -0.05) is 0 Å². The third-order valence-corrected chi connectivity index (χ3v) is 8.69. The largest absolute Gasteiger partial charge is 0.490 e. The molecule has 1 unspecified atom stereocenters. The van der Waals surface area contributed by atoms with Crippen molar-refractivity contribution in [1.29, 1.82) is 0 Å². The quantitative estimate of drug-likeness (QED) is 0.677. The molecule has 2 aliphatic rings. The first-order valence-corrected chi connectivity index (χ1v) is 11.3. The summed E-state index contributed by atoms with van der Waals surface area (Å²) in [5.74, 6) is -3.53. The van der Waals surface area contributed by atoms with Crippen LogP contribution in [-0.4, -0.2) is 39.4 Å². The van der Waals surface area contributed by atoms with E-state index in [9.17, 15) is 31.1 Å². The van der Waals surface area contributed by atoms with E-state index >= 15 is 4.39 Å². The second kappa shape index (κ2) is 7.96. The van der Waals surface area contributed by atoms with E-state index in [4.69, 9.17) is 9.47 Å². The molecule has 5 nitrogen and oxygen atoms in total. The fourth-order valence-electron chi connectivity index (χ4n) is 4.67. The van der Waals surface area contributed by atoms with Crippen LogP contribution in [-0.2, 0) is 25.5 Å².